The van der Waals surface area contributed by atoms with Gasteiger partial charge < -0.3 is 10.3 Å². The highest BCUT2D eigenvalue weighted by Gasteiger charge is 2.16. The first-order valence-corrected chi connectivity index (χ1v) is 7.19. The first kappa shape index (κ1) is 14.4. The predicted molar refractivity (Wildman–Crippen MR) is 83.7 cm³/mol. The molecule has 1 heterocycles. The second kappa shape index (κ2) is 5.17. The molecule has 2 rings (SSSR count). The molecule has 0 fully saturated rings. The standard InChI is InChI=1S/C14H16BrClN2O/c1-14(2,3)7-13(19)18-12-6-9-10(16)4-8(15)5-11(9)17-12/h4-6,17H,7H2,1-3H3,(H,18,19). The van der Waals surface area contributed by atoms with Crippen molar-refractivity contribution in [3.05, 3.63) is 27.7 Å². The first-order chi connectivity index (χ1) is 8.74. The number of H-pyrrole nitrogens is 1. The lowest BCUT2D eigenvalue weighted by molar-refractivity contribution is -0.117. The van der Waals surface area contributed by atoms with Gasteiger partial charge in [-0.3, -0.25) is 4.79 Å². The number of benzene rings is 1. The van der Waals surface area contributed by atoms with Gasteiger partial charge in [-0.25, -0.2) is 0 Å². The van der Waals surface area contributed by atoms with Gasteiger partial charge in [-0.1, -0.05) is 48.3 Å². The summed E-state index contributed by atoms with van der Waals surface area (Å²) in [5.74, 6) is 0.665. The van der Waals surface area contributed by atoms with Crippen LogP contribution in [-0.2, 0) is 4.79 Å². The molecular weight excluding hydrogens is 328 g/mol. The van der Waals surface area contributed by atoms with Crippen molar-refractivity contribution in [2.75, 3.05) is 5.32 Å². The SMILES string of the molecule is CC(C)(C)CC(=O)Nc1cc2c(Cl)cc(Br)cc2[nH]1. The minimum absolute atomic E-state index is 0.00533. The highest BCUT2D eigenvalue weighted by molar-refractivity contribution is 9.10. The third kappa shape index (κ3) is 3.74. The molecule has 0 saturated carbocycles. The Morgan fingerprint density at radius 3 is 2.68 bits per heavy atom. The maximum Gasteiger partial charge on any atom is 0.225 e. The number of fused-ring (bicyclic) bond motifs is 1. The van der Waals surface area contributed by atoms with E-state index in [9.17, 15) is 4.79 Å². The summed E-state index contributed by atoms with van der Waals surface area (Å²) in [5.41, 5.74) is 0.863. The van der Waals surface area contributed by atoms with E-state index in [1.807, 2.05) is 39.0 Å². The van der Waals surface area contributed by atoms with E-state index in [-0.39, 0.29) is 11.3 Å². The van der Waals surface area contributed by atoms with Crippen molar-refractivity contribution in [3.8, 4) is 0 Å². The van der Waals surface area contributed by atoms with Crippen LogP contribution < -0.4 is 5.32 Å². The topological polar surface area (TPSA) is 44.9 Å². The van der Waals surface area contributed by atoms with E-state index in [2.05, 4.69) is 26.2 Å². The fraction of sp³-hybridized carbons (Fsp3) is 0.357. The summed E-state index contributed by atoms with van der Waals surface area (Å²) in [5, 5.41) is 4.42. The fourth-order valence-electron chi connectivity index (χ4n) is 1.90. The van der Waals surface area contributed by atoms with Crippen molar-refractivity contribution in [1.82, 2.24) is 4.98 Å². The molecule has 0 unspecified atom stereocenters. The summed E-state index contributed by atoms with van der Waals surface area (Å²) in [6.45, 7) is 6.10. The van der Waals surface area contributed by atoms with Crippen molar-refractivity contribution in [3.63, 3.8) is 0 Å². The normalized spacial score (nSPS) is 11.8. The van der Waals surface area contributed by atoms with E-state index >= 15 is 0 Å². The first-order valence-electron chi connectivity index (χ1n) is 6.02. The van der Waals surface area contributed by atoms with Gasteiger partial charge in [0.2, 0.25) is 5.91 Å². The quantitative estimate of drug-likeness (QED) is 0.795. The van der Waals surface area contributed by atoms with Crippen molar-refractivity contribution in [2.24, 2.45) is 5.41 Å². The number of anilines is 1. The van der Waals surface area contributed by atoms with Gasteiger partial charge >= 0.3 is 0 Å². The molecule has 2 aromatic rings. The molecule has 0 spiro atoms. The molecule has 0 saturated heterocycles. The number of halogens is 2. The van der Waals surface area contributed by atoms with E-state index in [0.717, 1.165) is 15.4 Å². The monoisotopic (exact) mass is 342 g/mol. The zero-order valence-electron chi connectivity index (χ0n) is 11.1. The number of nitrogens with one attached hydrogen (secondary N) is 2. The molecule has 0 aliphatic carbocycles. The van der Waals surface area contributed by atoms with Crippen LogP contribution in [-0.4, -0.2) is 10.9 Å². The largest absolute Gasteiger partial charge is 0.341 e. The van der Waals surface area contributed by atoms with Gasteiger partial charge in [-0.05, 0) is 23.6 Å². The van der Waals surface area contributed by atoms with Crippen LogP contribution in [0.5, 0.6) is 0 Å². The van der Waals surface area contributed by atoms with Crippen molar-refractivity contribution >= 4 is 50.2 Å². The summed E-state index contributed by atoms with van der Waals surface area (Å²) >= 11 is 9.55. The van der Waals surface area contributed by atoms with Crippen LogP contribution >= 0.6 is 27.5 Å². The number of aromatic nitrogens is 1. The lowest BCUT2D eigenvalue weighted by Gasteiger charge is -2.16. The minimum Gasteiger partial charge on any atom is -0.341 e. The molecule has 5 heteroatoms. The van der Waals surface area contributed by atoms with Gasteiger partial charge in [0.1, 0.15) is 5.82 Å². The molecule has 102 valence electrons. The Kier molecular flexibility index (Phi) is 3.92. The summed E-state index contributed by atoms with van der Waals surface area (Å²) in [6, 6.07) is 5.61. The lowest BCUT2D eigenvalue weighted by Crippen LogP contribution is -2.19. The van der Waals surface area contributed by atoms with Crippen LogP contribution in [0.2, 0.25) is 5.02 Å². The molecule has 0 radical (unpaired) electrons. The second-order valence-corrected chi connectivity index (χ2v) is 7.14. The average molecular weight is 344 g/mol. The fourth-order valence-corrected chi connectivity index (χ4v) is 2.77. The van der Waals surface area contributed by atoms with Gasteiger partial charge in [0.25, 0.3) is 0 Å². The zero-order chi connectivity index (χ0) is 14.2. The van der Waals surface area contributed by atoms with Crippen LogP contribution in [0.25, 0.3) is 10.9 Å². The molecule has 19 heavy (non-hydrogen) atoms. The van der Waals surface area contributed by atoms with E-state index in [0.29, 0.717) is 17.3 Å². The lowest BCUT2D eigenvalue weighted by atomic mass is 9.92. The van der Waals surface area contributed by atoms with Crippen molar-refractivity contribution in [1.29, 1.82) is 0 Å². The van der Waals surface area contributed by atoms with Gasteiger partial charge in [-0.15, -0.1) is 0 Å². The Morgan fingerprint density at radius 1 is 1.37 bits per heavy atom. The summed E-state index contributed by atoms with van der Waals surface area (Å²) in [6.07, 6.45) is 0.472. The van der Waals surface area contributed by atoms with E-state index < -0.39 is 0 Å². The highest BCUT2D eigenvalue weighted by atomic mass is 79.9. The molecule has 1 aromatic heterocycles. The molecule has 1 aromatic carbocycles. The van der Waals surface area contributed by atoms with Gasteiger partial charge in [-0.2, -0.15) is 0 Å². The molecular formula is C14H16BrClN2O. The van der Waals surface area contributed by atoms with Crippen LogP contribution in [0, 0.1) is 5.41 Å². The smallest absolute Gasteiger partial charge is 0.225 e. The van der Waals surface area contributed by atoms with Gasteiger partial charge in [0, 0.05) is 21.8 Å². The van der Waals surface area contributed by atoms with Gasteiger partial charge in [0.15, 0.2) is 0 Å². The minimum atomic E-state index is -0.0310. The molecule has 0 bridgehead atoms. The van der Waals surface area contributed by atoms with Crippen molar-refractivity contribution < 1.29 is 4.79 Å². The summed E-state index contributed by atoms with van der Waals surface area (Å²) in [7, 11) is 0. The number of hydrogen-bond donors (Lipinski definition) is 2. The maximum atomic E-state index is 11.9. The zero-order valence-corrected chi connectivity index (χ0v) is 13.4. The molecule has 1 amide bonds. The highest BCUT2D eigenvalue weighted by Crippen LogP contribution is 2.30. The number of amides is 1. The Morgan fingerprint density at radius 2 is 2.05 bits per heavy atom. The molecule has 3 nitrogen and oxygen atoms in total. The molecule has 0 aliphatic rings. The van der Waals surface area contributed by atoms with Crippen LogP contribution in [0.4, 0.5) is 5.82 Å². The Balaban J connectivity index is 2.23. The van der Waals surface area contributed by atoms with E-state index in [1.165, 1.54) is 0 Å². The Hall–Kier alpha value is -1.00. The third-order valence-electron chi connectivity index (χ3n) is 2.62. The van der Waals surface area contributed by atoms with E-state index in [1.54, 1.807) is 0 Å². The molecule has 0 atom stereocenters. The Labute approximate surface area is 125 Å². The second-order valence-electron chi connectivity index (χ2n) is 5.82. The summed E-state index contributed by atoms with van der Waals surface area (Å²) in [4.78, 5) is 15.0. The molecule has 0 aliphatic heterocycles. The third-order valence-corrected chi connectivity index (χ3v) is 3.39. The van der Waals surface area contributed by atoms with E-state index in [4.69, 9.17) is 11.6 Å². The maximum absolute atomic E-state index is 11.9. The Bertz CT molecular complexity index is 628. The number of aromatic amines is 1. The molecule has 2 N–H and O–H groups in total. The van der Waals surface area contributed by atoms with Crippen LogP contribution in [0.15, 0.2) is 22.7 Å². The predicted octanol–water partition coefficient (Wildman–Crippen LogP) is 4.96. The number of carbonyl (C=O) groups excluding carboxylic acids is 1. The van der Waals surface area contributed by atoms with Crippen molar-refractivity contribution in [2.45, 2.75) is 27.2 Å². The number of hydrogen-bond acceptors (Lipinski definition) is 1. The van der Waals surface area contributed by atoms with Gasteiger partial charge in [0.05, 0.1) is 5.02 Å². The number of rotatable bonds is 2. The van der Waals surface area contributed by atoms with Crippen LogP contribution in [0.3, 0.4) is 0 Å². The summed E-state index contributed by atoms with van der Waals surface area (Å²) < 4.78 is 0.902. The average Bonchev–Trinajstić information content (AvgIpc) is 2.56. The number of carbonyl (C=O) groups is 1. The van der Waals surface area contributed by atoms with Crippen LogP contribution in [0.1, 0.15) is 27.2 Å².